The van der Waals surface area contributed by atoms with E-state index in [4.69, 9.17) is 9.47 Å². The maximum atomic E-state index is 13.5. The molecule has 4 amide bonds. The van der Waals surface area contributed by atoms with Gasteiger partial charge >= 0.3 is 0 Å². The van der Waals surface area contributed by atoms with Crippen LogP contribution in [-0.4, -0.2) is 96.0 Å². The number of nitrogens with one attached hydrogen (secondary N) is 3. The fourth-order valence-electron chi connectivity index (χ4n) is 8.33. The molecule has 0 atom stereocenters. The summed E-state index contributed by atoms with van der Waals surface area (Å²) in [5.41, 5.74) is 5.21. The third kappa shape index (κ3) is 6.62. The molecule has 2 aliphatic heterocycles. The van der Waals surface area contributed by atoms with Gasteiger partial charge in [-0.15, -0.1) is 0 Å². The van der Waals surface area contributed by atoms with Crippen molar-refractivity contribution in [1.82, 2.24) is 25.0 Å². The number of methoxy groups -OCH3 is 2. The quantitative estimate of drug-likeness (QED) is 0.118. The van der Waals surface area contributed by atoms with Gasteiger partial charge in [0.1, 0.15) is 22.8 Å². The van der Waals surface area contributed by atoms with Gasteiger partial charge in [-0.2, -0.15) is 0 Å². The Kier molecular flexibility index (Phi) is 10.3. The number of imide groups is 1. The van der Waals surface area contributed by atoms with Gasteiger partial charge in [0.05, 0.1) is 49.7 Å². The minimum absolute atomic E-state index is 0.107. The van der Waals surface area contributed by atoms with Crippen molar-refractivity contribution in [1.29, 1.82) is 0 Å². The Balaban J connectivity index is 0.852. The number of amides is 4. The Morgan fingerprint density at radius 1 is 0.911 bits per heavy atom. The van der Waals surface area contributed by atoms with Gasteiger partial charge in [-0.1, -0.05) is 12.6 Å². The van der Waals surface area contributed by atoms with Crippen LogP contribution in [0.4, 0.5) is 5.69 Å². The summed E-state index contributed by atoms with van der Waals surface area (Å²) in [5, 5.41) is 8.65. The number of hydrogen-bond donors (Lipinski definition) is 3. The molecule has 14 heteroatoms. The van der Waals surface area contributed by atoms with Gasteiger partial charge in [0.25, 0.3) is 11.8 Å². The molecule has 5 aliphatic rings. The summed E-state index contributed by atoms with van der Waals surface area (Å²) >= 11 is 0. The van der Waals surface area contributed by atoms with Gasteiger partial charge in [-0.25, -0.2) is 0 Å². The number of ether oxygens (including phenoxy) is 2. The number of rotatable bonds is 15. The first-order chi connectivity index (χ1) is 26.9. The molecule has 3 aromatic rings. The van der Waals surface area contributed by atoms with Crippen molar-refractivity contribution in [3.05, 3.63) is 88.9 Å². The van der Waals surface area contributed by atoms with Crippen molar-refractivity contribution in [2.75, 3.05) is 46.2 Å². The highest BCUT2D eigenvalue weighted by molar-refractivity contribution is 6.27. The van der Waals surface area contributed by atoms with E-state index in [1.54, 1.807) is 26.4 Å². The summed E-state index contributed by atoms with van der Waals surface area (Å²) in [6, 6.07) is 10.8. The number of benzene rings is 2. The number of aryl methyl sites for hydroxylation is 1. The Morgan fingerprint density at radius 2 is 1.61 bits per heavy atom. The van der Waals surface area contributed by atoms with E-state index in [-0.39, 0.29) is 60.4 Å². The smallest absolute Gasteiger partial charge is 0.264 e. The molecule has 3 fully saturated rings. The third-order valence-electron chi connectivity index (χ3n) is 11.4. The Labute approximate surface area is 324 Å². The van der Waals surface area contributed by atoms with Crippen molar-refractivity contribution in [2.45, 2.75) is 50.5 Å². The summed E-state index contributed by atoms with van der Waals surface area (Å²) < 4.78 is 13.7. The lowest BCUT2D eigenvalue weighted by Crippen LogP contribution is -2.68. The second-order valence-electron chi connectivity index (χ2n) is 14.8. The molecule has 2 aromatic carbocycles. The highest BCUT2D eigenvalue weighted by Gasteiger charge is 2.64. The monoisotopic (exact) mass is 762 g/mol. The number of anilines is 1. The first-order valence-corrected chi connectivity index (χ1v) is 18.8. The fourth-order valence-corrected chi connectivity index (χ4v) is 8.33. The SMILES string of the molecule is C=C1c2c(ccn2C)C(c2cc(OC)c(CCCC(=O)NCCCNC(=O)CNc3cccc4c3C(=O)N(C35CC(C3)C(=O)CC5=O)C4=O)c(OC)c2)=CN1C. The van der Waals surface area contributed by atoms with E-state index in [1.165, 1.54) is 6.07 Å². The van der Waals surface area contributed by atoms with Gasteiger partial charge in [0.2, 0.25) is 11.8 Å². The van der Waals surface area contributed by atoms with Gasteiger partial charge in [-0.3, -0.25) is 33.7 Å². The van der Waals surface area contributed by atoms with Crippen LogP contribution in [0.1, 0.15) is 81.6 Å². The van der Waals surface area contributed by atoms with Crippen molar-refractivity contribution < 1.29 is 38.2 Å². The average molecular weight is 763 g/mol. The number of hydrogen-bond acceptors (Lipinski definition) is 10. The fraction of sp³-hybridized carbons (Fsp3) is 0.381. The second kappa shape index (κ2) is 15.2. The van der Waals surface area contributed by atoms with Gasteiger partial charge in [0.15, 0.2) is 5.78 Å². The molecule has 14 nitrogen and oxygen atoms in total. The Hall–Kier alpha value is -6.18. The van der Waals surface area contributed by atoms with Crippen LogP contribution in [0.3, 0.4) is 0 Å². The number of Topliss-reactive ketones (excluding diaryl/α,β-unsaturated/α-hetero) is 2. The zero-order chi connectivity index (χ0) is 39.9. The first kappa shape index (κ1) is 38.1. The lowest BCUT2D eigenvalue weighted by atomic mass is 9.57. The maximum absolute atomic E-state index is 13.5. The molecule has 0 radical (unpaired) electrons. The number of carbonyl (C=O) groups is 6. The van der Waals surface area contributed by atoms with E-state index < -0.39 is 23.1 Å². The highest BCUT2D eigenvalue weighted by atomic mass is 16.5. The molecule has 56 heavy (non-hydrogen) atoms. The average Bonchev–Trinajstić information content (AvgIpc) is 3.67. The normalized spacial score (nSPS) is 19.6. The summed E-state index contributed by atoms with van der Waals surface area (Å²) in [4.78, 5) is 80.1. The van der Waals surface area contributed by atoms with E-state index >= 15 is 0 Å². The Morgan fingerprint density at radius 3 is 2.29 bits per heavy atom. The lowest BCUT2D eigenvalue weighted by molar-refractivity contribution is -0.153. The van der Waals surface area contributed by atoms with Crippen molar-refractivity contribution >= 4 is 52.2 Å². The van der Waals surface area contributed by atoms with Crippen molar-refractivity contribution in [2.24, 2.45) is 13.0 Å². The molecular formula is C42H46N6O8. The van der Waals surface area contributed by atoms with Crippen molar-refractivity contribution in [3.8, 4) is 11.5 Å². The molecule has 3 aliphatic carbocycles. The van der Waals surface area contributed by atoms with E-state index in [1.807, 2.05) is 37.3 Å². The van der Waals surface area contributed by atoms with Crippen LogP contribution in [-0.2, 0) is 32.6 Å². The summed E-state index contributed by atoms with van der Waals surface area (Å²) in [6.45, 7) is 4.77. The van der Waals surface area contributed by atoms with Crippen LogP contribution in [0.25, 0.3) is 11.3 Å². The molecule has 0 spiro atoms. The molecule has 1 aromatic heterocycles. The molecule has 292 valence electrons. The van der Waals surface area contributed by atoms with Crippen molar-refractivity contribution in [3.63, 3.8) is 0 Å². The number of ketones is 2. The van der Waals surface area contributed by atoms with E-state index in [0.717, 1.165) is 38.6 Å². The maximum Gasteiger partial charge on any atom is 0.264 e. The van der Waals surface area contributed by atoms with Crippen LogP contribution in [0.15, 0.2) is 55.4 Å². The predicted octanol–water partition coefficient (Wildman–Crippen LogP) is 3.69. The molecule has 3 saturated carbocycles. The highest BCUT2D eigenvalue weighted by Crippen LogP contribution is 2.51. The summed E-state index contributed by atoms with van der Waals surface area (Å²) in [5.74, 6) is -1.07. The molecule has 8 rings (SSSR count). The van der Waals surface area contributed by atoms with E-state index in [0.29, 0.717) is 56.0 Å². The zero-order valence-electron chi connectivity index (χ0n) is 32.1. The minimum Gasteiger partial charge on any atom is -0.496 e. The van der Waals surface area contributed by atoms with Gasteiger partial charge in [0, 0.05) is 74.3 Å². The van der Waals surface area contributed by atoms with Crippen LogP contribution in [0.5, 0.6) is 11.5 Å². The second-order valence-corrected chi connectivity index (χ2v) is 14.8. The zero-order valence-corrected chi connectivity index (χ0v) is 32.1. The number of nitrogens with zero attached hydrogens (tertiary/aromatic N) is 3. The number of carbonyl (C=O) groups excluding carboxylic acids is 6. The molecule has 3 N–H and O–H groups in total. The predicted molar refractivity (Wildman–Crippen MR) is 208 cm³/mol. The van der Waals surface area contributed by atoms with Crippen LogP contribution in [0, 0.1) is 5.92 Å². The minimum atomic E-state index is -1.26. The third-order valence-corrected chi connectivity index (χ3v) is 11.4. The largest absolute Gasteiger partial charge is 0.496 e. The molecule has 3 heterocycles. The summed E-state index contributed by atoms with van der Waals surface area (Å²) in [6.07, 6.45) is 6.09. The first-order valence-electron chi connectivity index (χ1n) is 18.8. The van der Waals surface area contributed by atoms with Crippen LogP contribution >= 0.6 is 0 Å². The Bertz CT molecular complexity index is 2190. The van der Waals surface area contributed by atoms with E-state index in [2.05, 4.69) is 39.4 Å². The molecule has 0 unspecified atom stereocenters. The lowest BCUT2D eigenvalue weighted by Gasteiger charge is -2.53. The molecular weight excluding hydrogens is 716 g/mol. The number of aromatic nitrogens is 1. The molecule has 2 bridgehead atoms. The van der Waals surface area contributed by atoms with Crippen LogP contribution in [0.2, 0.25) is 0 Å². The number of fused-ring (bicyclic) bond motifs is 4. The molecule has 0 saturated heterocycles. The standard InChI is InChI=1S/C42H46N6O8/c1-24-39-27(13-16-46(39)2)30(23-47(24)3)25-17-33(55-4)28(34(18-25)56-5)9-7-12-36(51)43-14-8-15-44-37(52)22-45-31-11-6-10-29-38(31)41(54)48(40(29)53)42-20-26(21-42)32(49)19-35(42)50/h6,10-11,13,16-18,23,26,45H,1,7-9,12,14-15,19-22H2,2-5H3,(H,43,51)(H,44,52). The van der Waals surface area contributed by atoms with Crippen LogP contribution < -0.4 is 25.4 Å². The van der Waals surface area contributed by atoms with Gasteiger partial charge in [-0.05, 0) is 68.0 Å². The summed E-state index contributed by atoms with van der Waals surface area (Å²) in [7, 11) is 7.22. The van der Waals surface area contributed by atoms with Gasteiger partial charge < -0.3 is 34.9 Å². The van der Waals surface area contributed by atoms with E-state index in [9.17, 15) is 28.8 Å². The topological polar surface area (TPSA) is 168 Å².